The largest absolute Gasteiger partial charge is 0.476 e. The zero-order valence-electron chi connectivity index (χ0n) is 25.4. The maximum atomic E-state index is 13.6. The summed E-state index contributed by atoms with van der Waals surface area (Å²) < 4.78 is 37.9. The molecular formula is C30H42N6O4S. The number of amides is 1. The Morgan fingerprint density at radius 2 is 1.85 bits per heavy atom. The van der Waals surface area contributed by atoms with Crippen molar-refractivity contribution >= 4 is 21.7 Å². The second-order valence-electron chi connectivity index (χ2n) is 13.8. The Hall–Kier alpha value is -3.34. The van der Waals surface area contributed by atoms with E-state index in [0.29, 0.717) is 42.1 Å². The fourth-order valence-electron chi connectivity index (χ4n) is 5.47. The van der Waals surface area contributed by atoms with Gasteiger partial charge in [-0.05, 0) is 69.1 Å². The predicted octanol–water partition coefficient (Wildman–Crippen LogP) is 4.86. The summed E-state index contributed by atoms with van der Waals surface area (Å²) in [6.07, 6.45) is 8.19. The molecule has 0 bridgehead atoms. The molecule has 1 saturated heterocycles. The molecule has 222 valence electrons. The van der Waals surface area contributed by atoms with Gasteiger partial charge in [0.25, 0.3) is 15.9 Å². The van der Waals surface area contributed by atoms with E-state index in [1.165, 1.54) is 6.20 Å². The minimum absolute atomic E-state index is 0.0483. The smallest absolute Gasteiger partial charge is 0.268 e. The van der Waals surface area contributed by atoms with Crippen LogP contribution in [0.5, 0.6) is 5.88 Å². The monoisotopic (exact) mass is 582 g/mol. The lowest BCUT2D eigenvalue weighted by atomic mass is 9.78. The van der Waals surface area contributed by atoms with Gasteiger partial charge in [0.1, 0.15) is 10.7 Å². The van der Waals surface area contributed by atoms with Gasteiger partial charge in [0.15, 0.2) is 5.82 Å². The van der Waals surface area contributed by atoms with E-state index >= 15 is 0 Å². The summed E-state index contributed by atoms with van der Waals surface area (Å²) in [6.45, 7) is 16.1. The minimum atomic E-state index is -4.09. The number of hydrogen-bond acceptors (Lipinski definition) is 7. The molecule has 0 aromatic carbocycles. The van der Waals surface area contributed by atoms with E-state index in [1.807, 2.05) is 0 Å². The van der Waals surface area contributed by atoms with Crippen LogP contribution < -0.4 is 14.4 Å². The number of aryl methyl sites for hydroxylation is 2. The van der Waals surface area contributed by atoms with Gasteiger partial charge in [0.2, 0.25) is 5.88 Å². The molecular weight excluding hydrogens is 540 g/mol. The van der Waals surface area contributed by atoms with Crippen molar-refractivity contribution in [2.45, 2.75) is 78.2 Å². The van der Waals surface area contributed by atoms with Crippen LogP contribution in [-0.4, -0.2) is 52.3 Å². The van der Waals surface area contributed by atoms with Gasteiger partial charge >= 0.3 is 0 Å². The maximum Gasteiger partial charge on any atom is 0.268 e. The molecule has 1 unspecified atom stereocenters. The van der Waals surface area contributed by atoms with Crippen molar-refractivity contribution in [1.82, 2.24) is 24.1 Å². The zero-order valence-corrected chi connectivity index (χ0v) is 26.2. The molecule has 41 heavy (non-hydrogen) atoms. The van der Waals surface area contributed by atoms with Crippen molar-refractivity contribution in [2.24, 2.45) is 23.8 Å². The molecule has 3 aromatic rings. The second kappa shape index (κ2) is 9.89. The lowest BCUT2D eigenvalue weighted by Crippen LogP contribution is -2.41. The summed E-state index contributed by atoms with van der Waals surface area (Å²) in [5.74, 6) is 1.09. The topological polar surface area (TPSA) is 111 Å². The molecule has 0 spiro atoms. The van der Waals surface area contributed by atoms with Gasteiger partial charge in [-0.25, -0.2) is 22.8 Å². The molecule has 1 aliphatic carbocycles. The molecule has 1 atom stereocenters. The molecule has 4 heterocycles. The molecule has 0 radical (unpaired) electrons. The van der Waals surface area contributed by atoms with Gasteiger partial charge in [-0.15, -0.1) is 5.10 Å². The summed E-state index contributed by atoms with van der Waals surface area (Å²) >= 11 is 0. The molecule has 1 aliphatic heterocycles. The molecule has 3 aromatic heterocycles. The van der Waals surface area contributed by atoms with Crippen molar-refractivity contribution in [3.05, 3.63) is 47.9 Å². The van der Waals surface area contributed by atoms with E-state index < -0.39 is 15.9 Å². The number of pyridine rings is 1. The van der Waals surface area contributed by atoms with Crippen LogP contribution >= 0.6 is 0 Å². The Morgan fingerprint density at radius 1 is 1.15 bits per heavy atom. The van der Waals surface area contributed by atoms with Gasteiger partial charge < -0.3 is 14.2 Å². The van der Waals surface area contributed by atoms with Crippen LogP contribution in [0.15, 0.2) is 41.7 Å². The molecule has 2 fully saturated rings. The standard InChI is InChI=1S/C30H42N6O4S/c1-20-16-34(8)18-23(20)41(38,39)33-27(37)22-9-10-24(36-14-11-25(32-36)40-19-30(7)12-13-30)31-26(22)35-17-21(28(2,3)4)15-29(35,5)6/h9-11,14,16,18,21H,12-13,15,17,19H2,1-8H3,(H,33,37). The van der Waals surface area contributed by atoms with Gasteiger partial charge in [0.05, 0.1) is 12.2 Å². The summed E-state index contributed by atoms with van der Waals surface area (Å²) in [4.78, 5) is 20.8. The van der Waals surface area contributed by atoms with E-state index in [2.05, 4.69) is 56.3 Å². The number of anilines is 1. The summed E-state index contributed by atoms with van der Waals surface area (Å²) in [7, 11) is -2.35. The lowest BCUT2D eigenvalue weighted by Gasteiger charge is -2.34. The van der Waals surface area contributed by atoms with E-state index in [-0.39, 0.29) is 26.8 Å². The van der Waals surface area contributed by atoms with E-state index in [9.17, 15) is 13.2 Å². The zero-order chi connectivity index (χ0) is 30.0. The first-order chi connectivity index (χ1) is 19.0. The van der Waals surface area contributed by atoms with Crippen LogP contribution in [0, 0.1) is 23.7 Å². The maximum absolute atomic E-state index is 13.6. The lowest BCUT2D eigenvalue weighted by molar-refractivity contribution is 0.0981. The number of sulfonamides is 1. The Labute approximate surface area is 243 Å². The van der Waals surface area contributed by atoms with Crippen molar-refractivity contribution in [1.29, 1.82) is 0 Å². The molecule has 1 N–H and O–H groups in total. The Balaban J connectivity index is 1.51. The van der Waals surface area contributed by atoms with Gasteiger partial charge in [-0.3, -0.25) is 4.79 Å². The number of carbonyl (C=O) groups excluding carboxylic acids is 1. The highest BCUT2D eigenvalue weighted by molar-refractivity contribution is 7.90. The summed E-state index contributed by atoms with van der Waals surface area (Å²) in [5.41, 5.74) is 0.716. The number of nitrogens with zero attached hydrogens (tertiary/aromatic N) is 5. The van der Waals surface area contributed by atoms with Crippen LogP contribution in [0.1, 0.15) is 76.7 Å². The van der Waals surface area contributed by atoms with Crippen LogP contribution in [0.2, 0.25) is 0 Å². The first-order valence-electron chi connectivity index (χ1n) is 14.1. The Kier molecular flexibility index (Phi) is 7.03. The highest BCUT2D eigenvalue weighted by Crippen LogP contribution is 2.45. The number of rotatable bonds is 8. The number of nitrogens with one attached hydrogen (secondary N) is 1. The van der Waals surface area contributed by atoms with Gasteiger partial charge in [-0.2, -0.15) is 0 Å². The first kappa shape index (κ1) is 29.2. The molecule has 1 saturated carbocycles. The second-order valence-corrected chi connectivity index (χ2v) is 15.5. The minimum Gasteiger partial charge on any atom is -0.476 e. The van der Waals surface area contributed by atoms with E-state index in [1.54, 1.807) is 53.8 Å². The molecule has 10 nitrogen and oxygen atoms in total. The highest BCUT2D eigenvalue weighted by Gasteiger charge is 2.45. The van der Waals surface area contributed by atoms with Crippen molar-refractivity contribution in [2.75, 3.05) is 18.1 Å². The van der Waals surface area contributed by atoms with E-state index in [4.69, 9.17) is 9.72 Å². The van der Waals surface area contributed by atoms with Crippen molar-refractivity contribution in [3.8, 4) is 11.7 Å². The summed E-state index contributed by atoms with van der Waals surface area (Å²) in [5, 5.41) is 4.57. The Bertz CT molecular complexity index is 1580. The Morgan fingerprint density at radius 3 is 2.44 bits per heavy atom. The van der Waals surface area contributed by atoms with E-state index in [0.717, 1.165) is 19.3 Å². The van der Waals surface area contributed by atoms with Crippen LogP contribution in [0.25, 0.3) is 5.82 Å². The van der Waals surface area contributed by atoms with Crippen LogP contribution in [0.4, 0.5) is 5.82 Å². The van der Waals surface area contributed by atoms with Crippen molar-refractivity contribution < 1.29 is 17.9 Å². The molecule has 5 rings (SSSR count). The van der Waals surface area contributed by atoms with Gasteiger partial charge in [0, 0.05) is 49.2 Å². The number of carbonyl (C=O) groups is 1. The number of hydrogen-bond donors (Lipinski definition) is 1. The normalized spacial score (nSPS) is 19.8. The third-order valence-electron chi connectivity index (χ3n) is 8.56. The molecule has 11 heteroatoms. The predicted molar refractivity (Wildman–Crippen MR) is 158 cm³/mol. The van der Waals surface area contributed by atoms with Gasteiger partial charge in [-0.1, -0.05) is 27.7 Å². The number of aromatic nitrogens is 4. The average molecular weight is 583 g/mol. The molecule has 2 aliphatic rings. The average Bonchev–Trinajstić information content (AvgIpc) is 3.18. The quantitative estimate of drug-likeness (QED) is 0.404. The SMILES string of the molecule is Cc1cn(C)cc1S(=O)(=O)NC(=O)c1ccc(-n2ccc(OCC3(C)CC3)n2)nc1N1CC(C(C)(C)C)CC1(C)C. The fraction of sp³-hybridized carbons (Fsp3) is 0.567. The third kappa shape index (κ3) is 6.00. The molecule has 1 amide bonds. The van der Waals surface area contributed by atoms with Crippen molar-refractivity contribution in [3.63, 3.8) is 0 Å². The van der Waals surface area contributed by atoms with Crippen LogP contribution in [0.3, 0.4) is 0 Å². The van der Waals surface area contributed by atoms with Crippen LogP contribution in [-0.2, 0) is 17.1 Å². The number of ether oxygens (including phenoxy) is 1. The third-order valence-corrected chi connectivity index (χ3v) is 10.0. The highest BCUT2D eigenvalue weighted by atomic mass is 32.2. The summed E-state index contributed by atoms with van der Waals surface area (Å²) in [6, 6.07) is 5.12. The fourth-order valence-corrected chi connectivity index (χ4v) is 6.72. The first-order valence-corrected chi connectivity index (χ1v) is 15.6.